The molecule has 2 rings (SSSR count). The smallest absolute Gasteiger partial charge is 0.320 e. The Kier molecular flexibility index (Phi) is 4.76. The first-order chi connectivity index (χ1) is 9.16. The summed E-state index contributed by atoms with van der Waals surface area (Å²) in [6, 6.07) is 8.80. The first-order valence-electron chi connectivity index (χ1n) is 6.49. The van der Waals surface area contributed by atoms with Crippen LogP contribution in [0.25, 0.3) is 0 Å². The van der Waals surface area contributed by atoms with E-state index in [1.807, 2.05) is 30.3 Å². The third-order valence-corrected chi connectivity index (χ3v) is 3.28. The van der Waals surface area contributed by atoms with Crippen molar-refractivity contribution in [2.75, 3.05) is 19.7 Å². The fraction of sp³-hybridized carbons (Fsp3) is 0.500. The zero-order valence-electron chi connectivity index (χ0n) is 10.7. The summed E-state index contributed by atoms with van der Waals surface area (Å²) in [6.07, 6.45) is 0.838. The van der Waals surface area contributed by atoms with Gasteiger partial charge in [-0.3, -0.25) is 9.69 Å². The molecule has 1 saturated heterocycles. The van der Waals surface area contributed by atoms with E-state index in [1.54, 1.807) is 4.90 Å². The van der Waals surface area contributed by atoms with Crippen LogP contribution in [-0.4, -0.2) is 52.9 Å². The molecule has 2 atom stereocenters. The molecular weight excluding hydrogens is 246 g/mol. The Balaban J connectivity index is 1.78. The summed E-state index contributed by atoms with van der Waals surface area (Å²) in [5.41, 5.74) is 0. The topological polar surface area (TPSA) is 70.0 Å². The van der Waals surface area contributed by atoms with E-state index in [9.17, 15) is 9.90 Å². The number of aliphatic carboxylic acids is 1. The van der Waals surface area contributed by atoms with Crippen LogP contribution < -0.4 is 4.74 Å². The molecule has 1 aliphatic heterocycles. The molecular formula is C14H19NO4. The molecule has 1 aliphatic rings. The highest BCUT2D eigenvalue weighted by molar-refractivity contribution is 5.73. The Morgan fingerprint density at radius 2 is 2.16 bits per heavy atom. The second-order valence-electron chi connectivity index (χ2n) is 4.77. The van der Waals surface area contributed by atoms with Gasteiger partial charge in [0.15, 0.2) is 0 Å². The van der Waals surface area contributed by atoms with Crippen LogP contribution >= 0.6 is 0 Å². The number of ether oxygens (including phenoxy) is 1. The Labute approximate surface area is 112 Å². The maximum Gasteiger partial charge on any atom is 0.320 e. The van der Waals surface area contributed by atoms with Gasteiger partial charge in [0.25, 0.3) is 0 Å². The molecule has 1 fully saturated rings. The molecule has 104 valence electrons. The third-order valence-electron chi connectivity index (χ3n) is 3.28. The lowest BCUT2D eigenvalue weighted by molar-refractivity contribution is -0.142. The summed E-state index contributed by atoms with van der Waals surface area (Å²) in [4.78, 5) is 12.8. The normalized spacial score (nSPS) is 21.2. The second kappa shape index (κ2) is 6.54. The molecule has 0 aromatic heterocycles. The van der Waals surface area contributed by atoms with Gasteiger partial charge in [-0.2, -0.15) is 0 Å². The van der Waals surface area contributed by atoms with Gasteiger partial charge in [0.05, 0.1) is 0 Å². The van der Waals surface area contributed by atoms with Gasteiger partial charge in [-0.25, -0.2) is 0 Å². The lowest BCUT2D eigenvalue weighted by atomic mass is 10.2. The van der Waals surface area contributed by atoms with Gasteiger partial charge in [0.1, 0.15) is 24.5 Å². The van der Waals surface area contributed by atoms with E-state index in [4.69, 9.17) is 9.84 Å². The largest absolute Gasteiger partial charge is 0.491 e. The number of benzene rings is 1. The maximum absolute atomic E-state index is 11.0. The first kappa shape index (κ1) is 13.8. The predicted octanol–water partition coefficient (Wildman–Crippen LogP) is 0.975. The number of rotatable bonds is 6. The molecule has 1 aromatic rings. The minimum Gasteiger partial charge on any atom is -0.491 e. The molecule has 1 heterocycles. The lowest BCUT2D eigenvalue weighted by Gasteiger charge is -2.24. The zero-order chi connectivity index (χ0) is 13.7. The van der Waals surface area contributed by atoms with Gasteiger partial charge >= 0.3 is 5.97 Å². The number of hydrogen-bond acceptors (Lipinski definition) is 4. The number of hydrogen-bond donors (Lipinski definition) is 2. The van der Waals surface area contributed by atoms with E-state index in [1.165, 1.54) is 0 Å². The fourth-order valence-electron chi connectivity index (χ4n) is 2.36. The molecule has 19 heavy (non-hydrogen) atoms. The molecule has 2 N–H and O–H groups in total. The summed E-state index contributed by atoms with van der Waals surface area (Å²) >= 11 is 0. The monoisotopic (exact) mass is 265 g/mol. The van der Waals surface area contributed by atoms with E-state index in [0.29, 0.717) is 18.7 Å². The quantitative estimate of drug-likeness (QED) is 0.802. The van der Waals surface area contributed by atoms with Crippen molar-refractivity contribution in [3.05, 3.63) is 30.3 Å². The van der Waals surface area contributed by atoms with Crippen LogP contribution in [0.2, 0.25) is 0 Å². The van der Waals surface area contributed by atoms with Crippen molar-refractivity contribution in [3.63, 3.8) is 0 Å². The number of β-amino-alcohol motifs (C(OH)–C–C–N with tert-alkyl or cyclic N) is 1. The summed E-state index contributed by atoms with van der Waals surface area (Å²) in [5.74, 6) is -0.105. The minimum atomic E-state index is -0.811. The SMILES string of the molecule is O=C(O)[C@H]1CCCN1C[C@@H](O)COc1ccccc1. The van der Waals surface area contributed by atoms with Crippen LogP contribution in [0.4, 0.5) is 0 Å². The molecule has 0 radical (unpaired) electrons. The van der Waals surface area contributed by atoms with Gasteiger partial charge < -0.3 is 14.9 Å². The van der Waals surface area contributed by atoms with E-state index in [2.05, 4.69) is 0 Å². The summed E-state index contributed by atoms with van der Waals surface area (Å²) < 4.78 is 5.45. The van der Waals surface area contributed by atoms with E-state index in [-0.39, 0.29) is 6.61 Å². The fourth-order valence-corrected chi connectivity index (χ4v) is 2.36. The van der Waals surface area contributed by atoms with Crippen molar-refractivity contribution < 1.29 is 19.7 Å². The minimum absolute atomic E-state index is 0.173. The summed E-state index contributed by atoms with van der Waals surface area (Å²) in [6.45, 7) is 1.23. The van der Waals surface area contributed by atoms with Gasteiger partial charge in [-0.05, 0) is 31.5 Å². The van der Waals surface area contributed by atoms with Gasteiger partial charge in [-0.15, -0.1) is 0 Å². The lowest BCUT2D eigenvalue weighted by Crippen LogP contribution is -2.42. The highest BCUT2D eigenvalue weighted by Gasteiger charge is 2.31. The van der Waals surface area contributed by atoms with E-state index < -0.39 is 18.1 Å². The Hall–Kier alpha value is -1.59. The number of para-hydroxylation sites is 1. The zero-order valence-corrected chi connectivity index (χ0v) is 10.7. The van der Waals surface area contributed by atoms with Crippen LogP contribution in [0.5, 0.6) is 5.75 Å². The average Bonchev–Trinajstić information content (AvgIpc) is 2.86. The van der Waals surface area contributed by atoms with Crippen molar-refractivity contribution in [1.29, 1.82) is 0 Å². The van der Waals surface area contributed by atoms with Gasteiger partial charge in [0, 0.05) is 6.54 Å². The van der Waals surface area contributed by atoms with Crippen LogP contribution in [0.1, 0.15) is 12.8 Å². The van der Waals surface area contributed by atoms with Crippen molar-refractivity contribution in [2.45, 2.75) is 25.0 Å². The standard InChI is InChI=1S/C14H19NO4/c16-11(10-19-12-5-2-1-3-6-12)9-15-8-4-7-13(15)14(17)18/h1-3,5-6,11,13,16H,4,7-10H2,(H,17,18)/t11-,13-/m1/s1. The highest BCUT2D eigenvalue weighted by Crippen LogP contribution is 2.17. The number of likely N-dealkylation sites (tertiary alicyclic amines) is 1. The number of aliphatic hydroxyl groups excluding tert-OH is 1. The number of carbonyl (C=O) groups is 1. The van der Waals surface area contributed by atoms with Crippen molar-refractivity contribution >= 4 is 5.97 Å². The van der Waals surface area contributed by atoms with Crippen LogP contribution in [0.3, 0.4) is 0 Å². The molecule has 0 bridgehead atoms. The predicted molar refractivity (Wildman–Crippen MR) is 70.2 cm³/mol. The van der Waals surface area contributed by atoms with Crippen LogP contribution in [-0.2, 0) is 4.79 Å². The molecule has 1 aromatic carbocycles. The van der Waals surface area contributed by atoms with Crippen molar-refractivity contribution in [2.24, 2.45) is 0 Å². The number of carboxylic acids is 1. The van der Waals surface area contributed by atoms with Crippen molar-refractivity contribution in [1.82, 2.24) is 4.90 Å². The molecule has 5 nitrogen and oxygen atoms in total. The second-order valence-corrected chi connectivity index (χ2v) is 4.77. The summed E-state index contributed by atoms with van der Waals surface area (Å²) in [7, 11) is 0. The molecule has 0 amide bonds. The van der Waals surface area contributed by atoms with E-state index >= 15 is 0 Å². The Morgan fingerprint density at radius 3 is 2.84 bits per heavy atom. The summed E-state index contributed by atoms with van der Waals surface area (Å²) in [5, 5.41) is 19.0. The van der Waals surface area contributed by atoms with Crippen LogP contribution in [0.15, 0.2) is 30.3 Å². The molecule has 5 heteroatoms. The Morgan fingerprint density at radius 1 is 1.42 bits per heavy atom. The molecule has 0 unspecified atom stereocenters. The van der Waals surface area contributed by atoms with Gasteiger partial charge in [0.2, 0.25) is 0 Å². The van der Waals surface area contributed by atoms with Crippen molar-refractivity contribution in [3.8, 4) is 5.75 Å². The number of carboxylic acid groups (broad SMARTS) is 1. The first-order valence-corrected chi connectivity index (χ1v) is 6.49. The van der Waals surface area contributed by atoms with Crippen LogP contribution in [0, 0.1) is 0 Å². The maximum atomic E-state index is 11.0. The van der Waals surface area contributed by atoms with Gasteiger partial charge in [-0.1, -0.05) is 18.2 Å². The highest BCUT2D eigenvalue weighted by atomic mass is 16.5. The molecule has 0 spiro atoms. The molecule has 0 saturated carbocycles. The Bertz CT molecular complexity index is 409. The van der Waals surface area contributed by atoms with E-state index in [0.717, 1.165) is 13.0 Å². The average molecular weight is 265 g/mol. The third kappa shape index (κ3) is 3.94. The number of aliphatic hydroxyl groups is 1. The number of nitrogens with zero attached hydrogens (tertiary/aromatic N) is 1. The molecule has 0 aliphatic carbocycles.